The highest BCUT2D eigenvalue weighted by Gasteiger charge is 2.27. The van der Waals surface area contributed by atoms with Crippen molar-refractivity contribution in [3.05, 3.63) is 89.2 Å². The first-order chi connectivity index (χ1) is 18.8. The summed E-state index contributed by atoms with van der Waals surface area (Å²) in [5, 5.41) is 11.9. The first-order valence-electron chi connectivity index (χ1n) is 13.1. The van der Waals surface area contributed by atoms with Crippen molar-refractivity contribution >= 4 is 17.7 Å². The minimum atomic E-state index is -0.791. The summed E-state index contributed by atoms with van der Waals surface area (Å²) in [5.41, 5.74) is 1.58. The molecule has 0 atom stereocenters. The van der Waals surface area contributed by atoms with E-state index in [4.69, 9.17) is 14.6 Å². The minimum Gasteiger partial charge on any atom is -0.490 e. The molecule has 0 aromatic heterocycles. The number of hydrogen-bond donors (Lipinski definition) is 2. The Morgan fingerprint density at radius 3 is 2.13 bits per heavy atom. The number of benzene rings is 3. The molecule has 204 valence electrons. The molecule has 1 fully saturated rings. The van der Waals surface area contributed by atoms with Crippen molar-refractivity contribution in [3.8, 4) is 17.2 Å². The third-order valence-corrected chi connectivity index (χ3v) is 6.81. The molecule has 39 heavy (non-hydrogen) atoms. The number of carbonyl (C=O) groups excluding carboxylic acids is 2. The van der Waals surface area contributed by atoms with Crippen LogP contribution in [0.4, 0.5) is 4.39 Å². The molecule has 1 aliphatic rings. The summed E-state index contributed by atoms with van der Waals surface area (Å²) in [4.78, 5) is 36.0. The van der Waals surface area contributed by atoms with E-state index in [0.29, 0.717) is 54.9 Å². The number of rotatable bonds is 11. The van der Waals surface area contributed by atoms with Gasteiger partial charge in [0.15, 0.2) is 5.78 Å². The molecular weight excluding hydrogens is 501 g/mol. The summed E-state index contributed by atoms with van der Waals surface area (Å²) in [6, 6.07) is 18.6. The van der Waals surface area contributed by atoms with Crippen LogP contribution in [0.2, 0.25) is 0 Å². The molecule has 3 aromatic rings. The SMILES string of the molecule is Cc1ccc(Oc2ccc(C(=O)NCCCC(=O)c3ccc(OC4CCC(C(=O)O)CC4)cc3F)cc2)cc1. The second-order valence-electron chi connectivity index (χ2n) is 9.79. The number of carbonyl (C=O) groups is 3. The summed E-state index contributed by atoms with van der Waals surface area (Å²) in [5.74, 6) is -0.775. The van der Waals surface area contributed by atoms with E-state index in [9.17, 15) is 18.8 Å². The lowest BCUT2D eigenvalue weighted by atomic mass is 9.87. The van der Waals surface area contributed by atoms with Gasteiger partial charge in [0.1, 0.15) is 23.1 Å². The molecule has 0 saturated heterocycles. The number of carboxylic acid groups (broad SMARTS) is 1. The van der Waals surface area contributed by atoms with E-state index in [2.05, 4.69) is 5.32 Å². The van der Waals surface area contributed by atoms with Crippen molar-refractivity contribution in [1.82, 2.24) is 5.32 Å². The Kier molecular flexibility index (Phi) is 9.31. The molecule has 8 heteroatoms. The van der Waals surface area contributed by atoms with E-state index in [0.717, 1.165) is 5.56 Å². The topological polar surface area (TPSA) is 102 Å². The normalized spacial score (nSPS) is 16.8. The molecule has 0 unspecified atom stereocenters. The molecule has 0 bridgehead atoms. The lowest BCUT2D eigenvalue weighted by Gasteiger charge is -2.26. The van der Waals surface area contributed by atoms with Crippen LogP contribution in [0.25, 0.3) is 0 Å². The molecule has 1 saturated carbocycles. The first kappa shape index (κ1) is 27.8. The number of aryl methyl sites for hydroxylation is 1. The lowest BCUT2D eigenvalue weighted by molar-refractivity contribution is -0.143. The van der Waals surface area contributed by atoms with Gasteiger partial charge >= 0.3 is 5.97 Å². The van der Waals surface area contributed by atoms with Crippen LogP contribution in [0.3, 0.4) is 0 Å². The van der Waals surface area contributed by atoms with E-state index in [-0.39, 0.29) is 42.2 Å². The van der Waals surface area contributed by atoms with Gasteiger partial charge in [-0.2, -0.15) is 0 Å². The number of hydrogen-bond acceptors (Lipinski definition) is 5. The Labute approximate surface area is 227 Å². The number of nitrogens with one attached hydrogen (secondary N) is 1. The highest BCUT2D eigenvalue weighted by Crippen LogP contribution is 2.29. The van der Waals surface area contributed by atoms with Crippen molar-refractivity contribution in [2.75, 3.05) is 6.54 Å². The second-order valence-corrected chi connectivity index (χ2v) is 9.79. The van der Waals surface area contributed by atoms with Gasteiger partial charge in [0.25, 0.3) is 5.91 Å². The fourth-order valence-electron chi connectivity index (χ4n) is 4.52. The molecule has 2 N–H and O–H groups in total. The van der Waals surface area contributed by atoms with Crippen LogP contribution in [0, 0.1) is 18.7 Å². The smallest absolute Gasteiger partial charge is 0.306 e. The average molecular weight is 534 g/mol. The maximum absolute atomic E-state index is 14.6. The van der Waals surface area contributed by atoms with Gasteiger partial charge in [-0.1, -0.05) is 17.7 Å². The largest absolute Gasteiger partial charge is 0.490 e. The number of aliphatic carboxylic acids is 1. The lowest BCUT2D eigenvalue weighted by Crippen LogP contribution is -2.27. The molecule has 7 nitrogen and oxygen atoms in total. The summed E-state index contributed by atoms with van der Waals surface area (Å²) < 4.78 is 26.2. The Balaban J connectivity index is 1.19. The van der Waals surface area contributed by atoms with Crippen molar-refractivity contribution < 1.29 is 33.4 Å². The number of ketones is 1. The predicted molar refractivity (Wildman–Crippen MR) is 144 cm³/mol. The number of Topliss-reactive ketones (excluding diaryl/α,β-unsaturated/α-hetero) is 1. The van der Waals surface area contributed by atoms with Crippen LogP contribution >= 0.6 is 0 Å². The quantitative estimate of drug-likeness (QED) is 0.220. The standard InChI is InChI=1S/C31H32FNO6/c1-20-4-10-23(11-5-20)38-24-12-6-21(7-13-24)30(35)33-18-2-3-29(34)27-17-16-26(19-28(27)32)39-25-14-8-22(9-15-25)31(36)37/h4-7,10-13,16-17,19,22,25H,2-3,8-9,14-15,18H2,1H3,(H,33,35)(H,36,37). The number of halogens is 1. The molecular formula is C31H32FNO6. The minimum absolute atomic E-state index is 0.0209. The van der Waals surface area contributed by atoms with Gasteiger partial charge in [0, 0.05) is 24.6 Å². The van der Waals surface area contributed by atoms with E-state index < -0.39 is 11.8 Å². The Morgan fingerprint density at radius 1 is 0.897 bits per heavy atom. The molecule has 0 spiro atoms. The fourth-order valence-corrected chi connectivity index (χ4v) is 4.52. The van der Waals surface area contributed by atoms with Gasteiger partial charge < -0.3 is 19.9 Å². The van der Waals surface area contributed by atoms with Crippen LogP contribution in [0.5, 0.6) is 17.2 Å². The monoisotopic (exact) mass is 533 g/mol. The van der Waals surface area contributed by atoms with E-state index >= 15 is 0 Å². The molecule has 0 radical (unpaired) electrons. The predicted octanol–water partition coefficient (Wildman–Crippen LogP) is 6.34. The molecule has 1 amide bonds. The van der Waals surface area contributed by atoms with Crippen molar-refractivity contribution in [3.63, 3.8) is 0 Å². The molecule has 4 rings (SSSR count). The zero-order chi connectivity index (χ0) is 27.8. The van der Waals surface area contributed by atoms with Crippen molar-refractivity contribution in [1.29, 1.82) is 0 Å². The highest BCUT2D eigenvalue weighted by molar-refractivity contribution is 5.96. The molecule has 0 aliphatic heterocycles. The molecule has 0 heterocycles. The molecule has 3 aromatic carbocycles. The fraction of sp³-hybridized carbons (Fsp3) is 0.323. The highest BCUT2D eigenvalue weighted by atomic mass is 19.1. The summed E-state index contributed by atoms with van der Waals surface area (Å²) in [7, 11) is 0. The summed E-state index contributed by atoms with van der Waals surface area (Å²) >= 11 is 0. The van der Waals surface area contributed by atoms with Crippen LogP contribution in [0.15, 0.2) is 66.7 Å². The van der Waals surface area contributed by atoms with Gasteiger partial charge in [-0.3, -0.25) is 14.4 Å². The number of ether oxygens (including phenoxy) is 2. The maximum Gasteiger partial charge on any atom is 0.306 e. The van der Waals surface area contributed by atoms with E-state index in [1.807, 2.05) is 31.2 Å². The third-order valence-electron chi connectivity index (χ3n) is 6.81. The van der Waals surface area contributed by atoms with Crippen LogP contribution in [0.1, 0.15) is 64.8 Å². The number of amides is 1. The summed E-state index contributed by atoms with van der Waals surface area (Å²) in [6.45, 7) is 2.27. The maximum atomic E-state index is 14.6. The van der Waals surface area contributed by atoms with Crippen molar-refractivity contribution in [2.45, 2.75) is 51.6 Å². The average Bonchev–Trinajstić information content (AvgIpc) is 2.93. The second kappa shape index (κ2) is 13.0. The van der Waals surface area contributed by atoms with Crippen LogP contribution in [-0.4, -0.2) is 35.4 Å². The third kappa shape index (κ3) is 7.89. The van der Waals surface area contributed by atoms with Crippen LogP contribution in [-0.2, 0) is 4.79 Å². The van der Waals surface area contributed by atoms with E-state index in [1.165, 1.54) is 12.1 Å². The van der Waals surface area contributed by atoms with Gasteiger partial charge in [0.2, 0.25) is 0 Å². The Morgan fingerprint density at radius 2 is 1.51 bits per heavy atom. The number of carboxylic acids is 1. The zero-order valence-corrected chi connectivity index (χ0v) is 21.8. The van der Waals surface area contributed by atoms with Crippen molar-refractivity contribution in [2.24, 2.45) is 5.92 Å². The zero-order valence-electron chi connectivity index (χ0n) is 21.8. The van der Waals surface area contributed by atoms with Gasteiger partial charge in [-0.15, -0.1) is 0 Å². The van der Waals surface area contributed by atoms with Gasteiger partial charge in [0.05, 0.1) is 17.6 Å². The van der Waals surface area contributed by atoms with Crippen LogP contribution < -0.4 is 14.8 Å². The molecule has 1 aliphatic carbocycles. The Hall–Kier alpha value is -4.20. The van der Waals surface area contributed by atoms with Gasteiger partial charge in [-0.25, -0.2) is 4.39 Å². The first-order valence-corrected chi connectivity index (χ1v) is 13.1. The van der Waals surface area contributed by atoms with E-state index in [1.54, 1.807) is 30.3 Å². The van der Waals surface area contributed by atoms with Gasteiger partial charge in [-0.05, 0) is 87.6 Å². The Bertz CT molecular complexity index is 1300. The summed E-state index contributed by atoms with van der Waals surface area (Å²) in [6.07, 6.45) is 2.53.